The lowest BCUT2D eigenvalue weighted by Crippen LogP contribution is -2.43. The third-order valence-corrected chi connectivity index (χ3v) is 7.01. The Balaban J connectivity index is 1.68. The smallest absolute Gasteiger partial charge is 0.311 e. The molecule has 1 aromatic rings. The molecular formula is C27H29NO4. The van der Waals surface area contributed by atoms with Crippen LogP contribution in [0.3, 0.4) is 0 Å². The number of hydrogen-bond donors (Lipinski definition) is 0. The number of allylic oxidation sites excluding steroid dienone is 4. The van der Waals surface area contributed by atoms with Crippen LogP contribution in [-0.2, 0) is 24.5 Å². The van der Waals surface area contributed by atoms with Gasteiger partial charge in [0.15, 0.2) is 5.78 Å². The van der Waals surface area contributed by atoms with E-state index >= 15 is 0 Å². The molecule has 2 unspecified atom stereocenters. The van der Waals surface area contributed by atoms with E-state index in [2.05, 4.69) is 42.2 Å². The molecule has 166 valence electrons. The Kier molecular flexibility index (Phi) is 4.70. The van der Waals surface area contributed by atoms with Crippen molar-refractivity contribution in [2.24, 2.45) is 5.41 Å². The summed E-state index contributed by atoms with van der Waals surface area (Å²) >= 11 is 0. The number of esters is 1. The summed E-state index contributed by atoms with van der Waals surface area (Å²) < 4.78 is 11.7. The van der Waals surface area contributed by atoms with Crippen molar-refractivity contribution in [1.29, 1.82) is 0 Å². The maximum atomic E-state index is 12.8. The highest BCUT2D eigenvalue weighted by molar-refractivity contribution is 6.02. The van der Waals surface area contributed by atoms with Crippen molar-refractivity contribution in [2.45, 2.75) is 52.1 Å². The lowest BCUT2D eigenvalue weighted by atomic mass is 9.67. The number of nitrogens with zero attached hydrogens (tertiary/aromatic N) is 1. The molecule has 0 radical (unpaired) electrons. The number of para-hydroxylation sites is 1. The lowest BCUT2D eigenvalue weighted by molar-refractivity contribution is -0.154. The van der Waals surface area contributed by atoms with Gasteiger partial charge in [0, 0.05) is 47.0 Å². The number of ketones is 1. The Morgan fingerprint density at radius 2 is 2.03 bits per heavy atom. The van der Waals surface area contributed by atoms with Crippen molar-refractivity contribution in [2.75, 3.05) is 18.1 Å². The summed E-state index contributed by atoms with van der Waals surface area (Å²) in [6.07, 6.45) is 8.52. The van der Waals surface area contributed by atoms with Crippen LogP contribution in [0.2, 0.25) is 0 Å². The van der Waals surface area contributed by atoms with E-state index in [4.69, 9.17) is 9.47 Å². The molecule has 0 saturated heterocycles. The van der Waals surface area contributed by atoms with Gasteiger partial charge in [0.2, 0.25) is 0 Å². The van der Waals surface area contributed by atoms with Gasteiger partial charge in [-0.05, 0) is 64.0 Å². The Bertz CT molecular complexity index is 1140. The predicted molar refractivity (Wildman–Crippen MR) is 123 cm³/mol. The lowest BCUT2D eigenvalue weighted by Gasteiger charge is -2.42. The third kappa shape index (κ3) is 3.06. The van der Waals surface area contributed by atoms with Crippen LogP contribution in [0.5, 0.6) is 0 Å². The molecule has 0 saturated carbocycles. The average molecular weight is 432 g/mol. The minimum atomic E-state index is -0.653. The molecule has 0 fully saturated rings. The van der Waals surface area contributed by atoms with Crippen LogP contribution < -0.4 is 4.90 Å². The van der Waals surface area contributed by atoms with E-state index < -0.39 is 5.41 Å². The van der Waals surface area contributed by atoms with E-state index in [1.807, 2.05) is 26.8 Å². The van der Waals surface area contributed by atoms with Crippen LogP contribution >= 0.6 is 0 Å². The zero-order valence-corrected chi connectivity index (χ0v) is 19.1. The first-order chi connectivity index (χ1) is 15.2. The van der Waals surface area contributed by atoms with Gasteiger partial charge >= 0.3 is 5.97 Å². The highest BCUT2D eigenvalue weighted by Gasteiger charge is 2.52. The topological polar surface area (TPSA) is 55.8 Å². The van der Waals surface area contributed by atoms with Gasteiger partial charge in [-0.25, -0.2) is 0 Å². The number of hydrogen-bond acceptors (Lipinski definition) is 5. The summed E-state index contributed by atoms with van der Waals surface area (Å²) in [6.45, 7) is 9.23. The zero-order valence-electron chi connectivity index (χ0n) is 19.1. The van der Waals surface area contributed by atoms with Gasteiger partial charge in [-0.15, -0.1) is 0 Å². The number of fused-ring (bicyclic) bond motifs is 5. The second-order valence-corrected chi connectivity index (χ2v) is 9.83. The molecule has 2 atom stereocenters. The largest absolute Gasteiger partial charge is 0.485 e. The molecule has 0 aromatic heterocycles. The molecule has 4 aliphatic rings. The molecule has 0 bridgehead atoms. The highest BCUT2D eigenvalue weighted by atomic mass is 16.5. The molecule has 5 heteroatoms. The van der Waals surface area contributed by atoms with Crippen molar-refractivity contribution < 1.29 is 19.1 Å². The normalized spacial score (nSPS) is 25.8. The first kappa shape index (κ1) is 20.8. The summed E-state index contributed by atoms with van der Waals surface area (Å²) in [5, 5.41) is 0. The van der Waals surface area contributed by atoms with Crippen molar-refractivity contribution in [3.05, 3.63) is 76.7 Å². The number of carbonyl (C=O) groups is 2. The zero-order chi connectivity index (χ0) is 22.7. The quantitative estimate of drug-likeness (QED) is 0.644. The number of benzene rings is 1. The standard InChI is InChI=1S/C27H29NO4/c1-5-31-25(30)26(2,3)16-27(4)20-8-6-7-9-21(20)28-13-12-22-19(24(27)28)14-17-10-11-18(29)15-23(17)32-22/h6-11,14-15,22H,5,12-13,16H2,1-4H3. The fourth-order valence-corrected chi connectivity index (χ4v) is 5.78. The molecule has 3 heterocycles. The first-order valence-electron chi connectivity index (χ1n) is 11.4. The number of ether oxygens (including phenoxy) is 2. The van der Waals surface area contributed by atoms with Crippen LogP contribution in [0.4, 0.5) is 5.69 Å². The molecule has 1 aliphatic carbocycles. The van der Waals surface area contributed by atoms with Gasteiger partial charge in [-0.1, -0.05) is 18.2 Å². The average Bonchev–Trinajstić information content (AvgIpc) is 3.01. The molecule has 5 rings (SSSR count). The monoisotopic (exact) mass is 431 g/mol. The van der Waals surface area contributed by atoms with Crippen molar-refractivity contribution in [1.82, 2.24) is 0 Å². The molecule has 3 aliphatic heterocycles. The van der Waals surface area contributed by atoms with E-state index in [1.165, 1.54) is 16.9 Å². The van der Waals surface area contributed by atoms with Gasteiger partial charge in [0.25, 0.3) is 0 Å². The van der Waals surface area contributed by atoms with Gasteiger partial charge in [0.05, 0.1) is 12.0 Å². The van der Waals surface area contributed by atoms with Gasteiger partial charge in [0.1, 0.15) is 11.9 Å². The summed E-state index contributed by atoms with van der Waals surface area (Å²) in [6, 6.07) is 8.49. The van der Waals surface area contributed by atoms with Crippen molar-refractivity contribution in [3.63, 3.8) is 0 Å². The molecule has 0 N–H and O–H groups in total. The second kappa shape index (κ2) is 7.22. The molecular weight excluding hydrogens is 402 g/mol. The van der Waals surface area contributed by atoms with Crippen LogP contribution in [-0.4, -0.2) is 31.0 Å². The molecule has 0 spiro atoms. The molecule has 1 aromatic carbocycles. The maximum Gasteiger partial charge on any atom is 0.311 e. The Labute approximate surface area is 189 Å². The summed E-state index contributed by atoms with van der Waals surface area (Å²) in [5.41, 5.74) is 4.66. The van der Waals surface area contributed by atoms with E-state index in [-0.39, 0.29) is 23.3 Å². The highest BCUT2D eigenvalue weighted by Crippen LogP contribution is 2.56. The van der Waals surface area contributed by atoms with Crippen LogP contribution in [0.1, 0.15) is 46.1 Å². The molecule has 0 amide bonds. The summed E-state index contributed by atoms with van der Waals surface area (Å²) in [4.78, 5) is 27.1. The van der Waals surface area contributed by atoms with E-state index in [1.54, 1.807) is 12.2 Å². The summed E-state index contributed by atoms with van der Waals surface area (Å²) in [7, 11) is 0. The molecule has 5 nitrogen and oxygen atoms in total. The maximum absolute atomic E-state index is 12.8. The third-order valence-electron chi connectivity index (χ3n) is 7.01. The van der Waals surface area contributed by atoms with Crippen molar-refractivity contribution >= 4 is 17.4 Å². The summed E-state index contributed by atoms with van der Waals surface area (Å²) in [5.74, 6) is 0.441. The number of anilines is 1. The van der Waals surface area contributed by atoms with Gasteiger partial charge < -0.3 is 14.4 Å². The number of rotatable bonds is 4. The number of carbonyl (C=O) groups excluding carboxylic acids is 2. The SMILES string of the molecule is CCOC(=O)C(C)(C)CC1(C)C2=C3C=C4C=CC(=O)C=C4OC3CCN2c2ccccc21. The van der Waals surface area contributed by atoms with Crippen LogP contribution in [0.15, 0.2) is 71.2 Å². The predicted octanol–water partition coefficient (Wildman–Crippen LogP) is 4.75. The van der Waals surface area contributed by atoms with E-state index in [0.29, 0.717) is 18.8 Å². The van der Waals surface area contributed by atoms with Gasteiger partial charge in [-0.3, -0.25) is 9.59 Å². The fraction of sp³-hybridized carbons (Fsp3) is 0.407. The Hall–Kier alpha value is -3.08. The van der Waals surface area contributed by atoms with E-state index in [9.17, 15) is 9.59 Å². The Morgan fingerprint density at radius 1 is 1.25 bits per heavy atom. The minimum absolute atomic E-state index is 0.0417. The molecule has 32 heavy (non-hydrogen) atoms. The first-order valence-corrected chi connectivity index (χ1v) is 11.4. The minimum Gasteiger partial charge on any atom is -0.485 e. The Morgan fingerprint density at radius 3 is 2.81 bits per heavy atom. The van der Waals surface area contributed by atoms with Crippen LogP contribution in [0, 0.1) is 5.41 Å². The van der Waals surface area contributed by atoms with Crippen LogP contribution in [0.25, 0.3) is 0 Å². The second-order valence-electron chi connectivity index (χ2n) is 9.83. The van der Waals surface area contributed by atoms with Crippen molar-refractivity contribution in [3.8, 4) is 0 Å². The fourth-order valence-electron chi connectivity index (χ4n) is 5.78. The van der Waals surface area contributed by atoms with Gasteiger partial charge in [-0.2, -0.15) is 0 Å². The van der Waals surface area contributed by atoms with E-state index in [0.717, 1.165) is 24.1 Å².